The molecule has 0 bridgehead atoms. The molecular weight excluding hydrogens is 242 g/mol. The fraction of sp³-hybridized carbons (Fsp3) is 0.211. The smallest absolute Gasteiger partial charge is 0.200 e. The topological polar surface area (TPSA) is 3.88 Å². The van der Waals surface area contributed by atoms with Crippen LogP contribution in [0.15, 0.2) is 60.8 Å². The highest BCUT2D eigenvalue weighted by Gasteiger charge is 2.18. The van der Waals surface area contributed by atoms with Gasteiger partial charge in [-0.05, 0) is 29.0 Å². The van der Waals surface area contributed by atoms with Crippen molar-refractivity contribution in [1.82, 2.24) is 0 Å². The second-order valence-electron chi connectivity index (χ2n) is 5.60. The van der Waals surface area contributed by atoms with Crippen molar-refractivity contribution in [1.29, 1.82) is 0 Å². The number of rotatable bonds is 2. The van der Waals surface area contributed by atoms with Gasteiger partial charge in [-0.3, -0.25) is 0 Å². The quantitative estimate of drug-likeness (QED) is 0.601. The largest absolute Gasteiger partial charge is 0.220 e. The van der Waals surface area contributed by atoms with Crippen molar-refractivity contribution < 1.29 is 4.57 Å². The lowest BCUT2D eigenvalue weighted by Gasteiger charge is -2.12. The molecule has 100 valence electrons. The van der Waals surface area contributed by atoms with Gasteiger partial charge in [-0.2, -0.15) is 0 Å². The lowest BCUT2D eigenvalue weighted by molar-refractivity contribution is -0.659. The second kappa shape index (κ2) is 5.09. The van der Waals surface area contributed by atoms with Crippen molar-refractivity contribution >= 4 is 10.8 Å². The van der Waals surface area contributed by atoms with Crippen LogP contribution in [0.3, 0.4) is 0 Å². The summed E-state index contributed by atoms with van der Waals surface area (Å²) >= 11 is 0. The standard InChI is InChI=1S/C19H20N/c1-14(2)16-9-6-7-11-18(16)19-17-10-5-4-8-15(17)12-13-20(19)3/h4-14H,1-3H3/q+1. The third-order valence-electron chi connectivity index (χ3n) is 3.88. The predicted molar refractivity (Wildman–Crippen MR) is 84.6 cm³/mol. The Hall–Kier alpha value is -2.15. The lowest BCUT2D eigenvalue weighted by Crippen LogP contribution is -2.30. The molecule has 1 aromatic heterocycles. The van der Waals surface area contributed by atoms with E-state index in [9.17, 15) is 0 Å². The van der Waals surface area contributed by atoms with Gasteiger partial charge in [0.2, 0.25) is 5.69 Å². The van der Waals surface area contributed by atoms with Crippen LogP contribution < -0.4 is 4.57 Å². The Bertz CT molecular complexity index is 757. The van der Waals surface area contributed by atoms with Gasteiger partial charge in [0.05, 0.1) is 10.9 Å². The summed E-state index contributed by atoms with van der Waals surface area (Å²) in [6, 6.07) is 19.5. The van der Waals surface area contributed by atoms with Crippen molar-refractivity contribution in [3.05, 3.63) is 66.4 Å². The molecule has 0 N–H and O–H groups in total. The number of pyridine rings is 1. The molecule has 0 amide bonds. The second-order valence-corrected chi connectivity index (χ2v) is 5.60. The van der Waals surface area contributed by atoms with Crippen LogP contribution in [0.4, 0.5) is 0 Å². The van der Waals surface area contributed by atoms with E-state index in [1.165, 1.54) is 27.6 Å². The minimum atomic E-state index is 0.519. The number of aromatic nitrogens is 1. The predicted octanol–water partition coefficient (Wildman–Crippen LogP) is 4.45. The minimum absolute atomic E-state index is 0.519. The Kier molecular flexibility index (Phi) is 3.27. The van der Waals surface area contributed by atoms with Crippen molar-refractivity contribution in [3.8, 4) is 11.3 Å². The minimum Gasteiger partial charge on any atom is -0.200 e. The highest BCUT2D eigenvalue weighted by Crippen LogP contribution is 2.31. The van der Waals surface area contributed by atoms with Gasteiger partial charge in [0, 0.05) is 6.07 Å². The van der Waals surface area contributed by atoms with E-state index in [2.05, 4.69) is 86.3 Å². The Morgan fingerprint density at radius 2 is 1.55 bits per heavy atom. The zero-order valence-corrected chi connectivity index (χ0v) is 12.3. The van der Waals surface area contributed by atoms with E-state index < -0.39 is 0 Å². The summed E-state index contributed by atoms with van der Waals surface area (Å²) in [5, 5.41) is 2.60. The number of nitrogens with zero attached hydrogens (tertiary/aromatic N) is 1. The highest BCUT2D eigenvalue weighted by atomic mass is 14.9. The van der Waals surface area contributed by atoms with E-state index in [0.29, 0.717) is 5.92 Å². The van der Waals surface area contributed by atoms with E-state index in [1.807, 2.05) is 0 Å². The maximum Gasteiger partial charge on any atom is 0.220 e. The zero-order valence-electron chi connectivity index (χ0n) is 12.3. The Morgan fingerprint density at radius 1 is 0.850 bits per heavy atom. The van der Waals surface area contributed by atoms with E-state index in [4.69, 9.17) is 0 Å². The molecule has 3 aromatic rings. The first kappa shape index (κ1) is 12.9. The molecule has 0 spiro atoms. The molecule has 2 aromatic carbocycles. The van der Waals surface area contributed by atoms with Gasteiger partial charge in [0.25, 0.3) is 0 Å². The molecule has 20 heavy (non-hydrogen) atoms. The zero-order chi connectivity index (χ0) is 14.1. The van der Waals surface area contributed by atoms with Crippen LogP contribution >= 0.6 is 0 Å². The molecule has 0 radical (unpaired) electrons. The average Bonchev–Trinajstić information content (AvgIpc) is 2.47. The molecular formula is C19H20N+. The molecule has 0 fully saturated rings. The summed E-state index contributed by atoms with van der Waals surface area (Å²) in [5.41, 5.74) is 4.04. The molecule has 0 aliphatic rings. The van der Waals surface area contributed by atoms with Crippen LogP contribution in [0, 0.1) is 0 Å². The van der Waals surface area contributed by atoms with Gasteiger partial charge in [0.1, 0.15) is 7.05 Å². The SMILES string of the molecule is CC(C)c1ccccc1-c1c2ccccc2cc[n+]1C. The van der Waals surface area contributed by atoms with Crippen LogP contribution in [0.5, 0.6) is 0 Å². The van der Waals surface area contributed by atoms with Crippen LogP contribution in [-0.2, 0) is 7.05 Å². The summed E-state index contributed by atoms with van der Waals surface area (Å²) in [5.74, 6) is 0.519. The maximum absolute atomic E-state index is 2.25. The third kappa shape index (κ3) is 2.09. The fourth-order valence-corrected chi connectivity index (χ4v) is 2.87. The third-order valence-corrected chi connectivity index (χ3v) is 3.88. The lowest BCUT2D eigenvalue weighted by atomic mass is 9.93. The van der Waals surface area contributed by atoms with Crippen LogP contribution in [-0.4, -0.2) is 0 Å². The maximum atomic E-state index is 2.25. The van der Waals surface area contributed by atoms with Gasteiger partial charge in [-0.25, -0.2) is 4.57 Å². The van der Waals surface area contributed by atoms with Crippen LogP contribution in [0.25, 0.3) is 22.0 Å². The summed E-state index contributed by atoms with van der Waals surface area (Å²) in [7, 11) is 2.12. The van der Waals surface area contributed by atoms with Gasteiger partial charge >= 0.3 is 0 Å². The first-order valence-corrected chi connectivity index (χ1v) is 7.15. The molecule has 3 rings (SSSR count). The number of hydrogen-bond acceptors (Lipinski definition) is 0. The first-order valence-electron chi connectivity index (χ1n) is 7.15. The number of aryl methyl sites for hydroxylation is 1. The molecule has 0 aliphatic carbocycles. The van der Waals surface area contributed by atoms with Crippen molar-refractivity contribution in [2.45, 2.75) is 19.8 Å². The van der Waals surface area contributed by atoms with Gasteiger partial charge < -0.3 is 0 Å². The summed E-state index contributed by atoms with van der Waals surface area (Å²) in [6.45, 7) is 4.51. The molecule has 0 atom stereocenters. The Labute approximate surface area is 120 Å². The average molecular weight is 262 g/mol. The number of benzene rings is 2. The van der Waals surface area contributed by atoms with Crippen molar-refractivity contribution in [2.75, 3.05) is 0 Å². The van der Waals surface area contributed by atoms with Crippen molar-refractivity contribution in [3.63, 3.8) is 0 Å². The molecule has 1 heterocycles. The Morgan fingerprint density at radius 3 is 2.35 bits per heavy atom. The normalized spacial score (nSPS) is 11.2. The van der Waals surface area contributed by atoms with Gasteiger partial charge in [-0.15, -0.1) is 0 Å². The summed E-state index contributed by atoms with van der Waals surface area (Å²) < 4.78 is 2.23. The molecule has 0 saturated heterocycles. The molecule has 0 saturated carbocycles. The number of hydrogen-bond donors (Lipinski definition) is 0. The van der Waals surface area contributed by atoms with E-state index in [0.717, 1.165) is 0 Å². The van der Waals surface area contributed by atoms with Gasteiger partial charge in [0.15, 0.2) is 6.20 Å². The van der Waals surface area contributed by atoms with Crippen molar-refractivity contribution in [2.24, 2.45) is 7.05 Å². The van der Waals surface area contributed by atoms with E-state index >= 15 is 0 Å². The molecule has 0 aliphatic heterocycles. The van der Waals surface area contributed by atoms with Crippen LogP contribution in [0.2, 0.25) is 0 Å². The van der Waals surface area contributed by atoms with Gasteiger partial charge in [-0.1, -0.05) is 50.2 Å². The van der Waals surface area contributed by atoms with Crippen LogP contribution in [0.1, 0.15) is 25.3 Å². The Balaban J connectivity index is 2.38. The fourth-order valence-electron chi connectivity index (χ4n) is 2.87. The first-order chi connectivity index (χ1) is 9.68. The van der Waals surface area contributed by atoms with E-state index in [-0.39, 0.29) is 0 Å². The molecule has 0 unspecified atom stereocenters. The summed E-state index contributed by atoms with van der Waals surface area (Å²) in [6.07, 6.45) is 2.15. The highest BCUT2D eigenvalue weighted by molar-refractivity contribution is 5.93. The molecule has 1 heteroatoms. The van der Waals surface area contributed by atoms with E-state index in [1.54, 1.807) is 0 Å². The number of fused-ring (bicyclic) bond motifs is 1. The summed E-state index contributed by atoms with van der Waals surface area (Å²) in [4.78, 5) is 0. The monoisotopic (exact) mass is 262 g/mol. The molecule has 1 nitrogen and oxygen atoms in total.